The normalized spacial score (nSPS) is 11.2. The first kappa shape index (κ1) is 15.7. The molecule has 0 rings (SSSR count). The van der Waals surface area contributed by atoms with Crippen molar-refractivity contribution in [3.8, 4) is 0 Å². The van der Waals surface area contributed by atoms with E-state index in [9.17, 15) is 4.79 Å². The zero-order valence-electron chi connectivity index (χ0n) is 11.5. The van der Waals surface area contributed by atoms with Crippen LogP contribution in [0.4, 0.5) is 0 Å². The molecule has 0 aromatic heterocycles. The molecule has 0 aliphatic heterocycles. The van der Waals surface area contributed by atoms with Gasteiger partial charge in [-0.3, -0.25) is 9.79 Å². The predicted octanol–water partition coefficient (Wildman–Crippen LogP) is 1.25. The van der Waals surface area contributed by atoms with E-state index in [1.54, 1.807) is 0 Å². The van der Waals surface area contributed by atoms with Crippen molar-refractivity contribution in [3.05, 3.63) is 0 Å². The Morgan fingerprint density at radius 3 is 2.65 bits per heavy atom. The third-order valence-electron chi connectivity index (χ3n) is 2.35. The minimum Gasteiger partial charge on any atom is -0.469 e. The van der Waals surface area contributed by atoms with Crippen molar-refractivity contribution in [1.29, 1.82) is 0 Å². The highest BCUT2D eigenvalue weighted by atomic mass is 16.5. The van der Waals surface area contributed by atoms with Crippen LogP contribution in [0.2, 0.25) is 0 Å². The third-order valence-corrected chi connectivity index (χ3v) is 2.35. The van der Waals surface area contributed by atoms with Gasteiger partial charge in [-0.05, 0) is 13.3 Å². The maximum atomic E-state index is 11.0. The van der Waals surface area contributed by atoms with Gasteiger partial charge in [-0.15, -0.1) is 0 Å². The number of ether oxygens (including phenoxy) is 1. The van der Waals surface area contributed by atoms with Crippen LogP contribution in [0.1, 0.15) is 33.1 Å². The standard InChI is InChI=1S/C12H25N3O2/c1-5-7-10-15(3)12(13-6-2)14-9-8-11(16)17-4/h5-10H2,1-4H3,(H,13,14). The Morgan fingerprint density at radius 2 is 2.12 bits per heavy atom. The fraction of sp³-hybridized carbons (Fsp3) is 0.833. The van der Waals surface area contributed by atoms with E-state index in [1.165, 1.54) is 7.11 Å². The Labute approximate surface area is 104 Å². The molecule has 0 amide bonds. The lowest BCUT2D eigenvalue weighted by molar-refractivity contribution is -0.140. The summed E-state index contributed by atoms with van der Waals surface area (Å²) >= 11 is 0. The van der Waals surface area contributed by atoms with Crippen LogP contribution in [0.3, 0.4) is 0 Å². The van der Waals surface area contributed by atoms with E-state index in [0.717, 1.165) is 31.9 Å². The van der Waals surface area contributed by atoms with Crippen LogP contribution < -0.4 is 5.32 Å². The molecule has 0 spiro atoms. The van der Waals surface area contributed by atoms with Crippen LogP contribution in [0.5, 0.6) is 0 Å². The second-order valence-electron chi connectivity index (χ2n) is 3.84. The summed E-state index contributed by atoms with van der Waals surface area (Å²) in [6.07, 6.45) is 2.62. The van der Waals surface area contributed by atoms with Gasteiger partial charge in [0.25, 0.3) is 0 Å². The summed E-state index contributed by atoms with van der Waals surface area (Å²) in [4.78, 5) is 17.4. The van der Waals surface area contributed by atoms with Gasteiger partial charge in [0, 0.05) is 20.1 Å². The number of unbranched alkanes of at least 4 members (excludes halogenated alkanes) is 1. The number of rotatable bonds is 7. The zero-order valence-corrected chi connectivity index (χ0v) is 11.5. The molecule has 0 atom stereocenters. The molecule has 0 heterocycles. The summed E-state index contributed by atoms with van der Waals surface area (Å²) in [7, 11) is 3.40. The SMILES string of the molecule is CCCCN(C)C(=NCCC(=O)OC)NCC. The van der Waals surface area contributed by atoms with E-state index in [-0.39, 0.29) is 5.97 Å². The number of esters is 1. The Morgan fingerprint density at radius 1 is 1.41 bits per heavy atom. The number of methoxy groups -OCH3 is 1. The minimum atomic E-state index is -0.221. The van der Waals surface area contributed by atoms with Gasteiger partial charge in [0.1, 0.15) is 0 Å². The molecule has 0 saturated heterocycles. The Hall–Kier alpha value is -1.26. The highest BCUT2D eigenvalue weighted by molar-refractivity contribution is 5.80. The first-order chi connectivity index (χ1) is 8.15. The highest BCUT2D eigenvalue weighted by Gasteiger charge is 2.05. The zero-order chi connectivity index (χ0) is 13.1. The Kier molecular flexibility index (Phi) is 9.19. The monoisotopic (exact) mass is 243 g/mol. The second-order valence-corrected chi connectivity index (χ2v) is 3.84. The van der Waals surface area contributed by atoms with Crippen LogP contribution in [-0.2, 0) is 9.53 Å². The average molecular weight is 243 g/mol. The molecular formula is C12H25N3O2. The molecule has 0 aromatic carbocycles. The quantitative estimate of drug-likeness (QED) is 0.415. The molecule has 1 N–H and O–H groups in total. The maximum Gasteiger partial charge on any atom is 0.307 e. The predicted molar refractivity (Wildman–Crippen MR) is 70.1 cm³/mol. The molecule has 0 bridgehead atoms. The smallest absolute Gasteiger partial charge is 0.307 e. The number of aliphatic imine (C=N–C) groups is 1. The average Bonchev–Trinajstić information content (AvgIpc) is 2.34. The van der Waals surface area contributed by atoms with Crippen LogP contribution in [-0.4, -0.2) is 50.6 Å². The Balaban J connectivity index is 4.18. The minimum absolute atomic E-state index is 0.221. The molecule has 0 aromatic rings. The van der Waals surface area contributed by atoms with Gasteiger partial charge in [0.05, 0.1) is 20.1 Å². The first-order valence-electron chi connectivity index (χ1n) is 6.21. The molecule has 5 heteroatoms. The van der Waals surface area contributed by atoms with Gasteiger partial charge in [0.15, 0.2) is 5.96 Å². The van der Waals surface area contributed by atoms with E-state index in [0.29, 0.717) is 13.0 Å². The van der Waals surface area contributed by atoms with Crippen molar-refractivity contribution in [2.75, 3.05) is 33.8 Å². The lowest BCUT2D eigenvalue weighted by Crippen LogP contribution is -2.39. The molecule has 0 saturated carbocycles. The number of nitrogens with zero attached hydrogens (tertiary/aromatic N) is 2. The number of hydrogen-bond acceptors (Lipinski definition) is 3. The van der Waals surface area contributed by atoms with E-state index in [2.05, 4.69) is 26.9 Å². The molecule has 100 valence electrons. The lowest BCUT2D eigenvalue weighted by atomic mass is 10.3. The summed E-state index contributed by atoms with van der Waals surface area (Å²) in [6.45, 7) is 6.46. The van der Waals surface area contributed by atoms with Crippen LogP contribution in [0.25, 0.3) is 0 Å². The van der Waals surface area contributed by atoms with Crippen molar-refractivity contribution < 1.29 is 9.53 Å². The molecule has 5 nitrogen and oxygen atoms in total. The van der Waals surface area contributed by atoms with Crippen molar-refractivity contribution in [2.24, 2.45) is 4.99 Å². The van der Waals surface area contributed by atoms with Crippen molar-refractivity contribution >= 4 is 11.9 Å². The van der Waals surface area contributed by atoms with E-state index >= 15 is 0 Å². The number of guanidine groups is 1. The maximum absolute atomic E-state index is 11.0. The van der Waals surface area contributed by atoms with E-state index in [4.69, 9.17) is 0 Å². The van der Waals surface area contributed by atoms with Gasteiger partial charge in [-0.1, -0.05) is 13.3 Å². The summed E-state index contributed by atoms with van der Waals surface area (Å²) < 4.78 is 4.58. The molecule has 0 unspecified atom stereocenters. The lowest BCUT2D eigenvalue weighted by Gasteiger charge is -2.21. The van der Waals surface area contributed by atoms with Crippen molar-refractivity contribution in [1.82, 2.24) is 10.2 Å². The largest absolute Gasteiger partial charge is 0.469 e. The van der Waals surface area contributed by atoms with Crippen LogP contribution in [0.15, 0.2) is 4.99 Å². The van der Waals surface area contributed by atoms with Gasteiger partial charge >= 0.3 is 5.97 Å². The topological polar surface area (TPSA) is 53.9 Å². The number of carbonyl (C=O) groups is 1. The Bertz CT molecular complexity index is 242. The molecule has 17 heavy (non-hydrogen) atoms. The highest BCUT2D eigenvalue weighted by Crippen LogP contribution is 1.94. The fourth-order valence-corrected chi connectivity index (χ4v) is 1.33. The second kappa shape index (κ2) is 9.93. The summed E-state index contributed by atoms with van der Waals surface area (Å²) in [5.74, 6) is 0.630. The van der Waals surface area contributed by atoms with Crippen molar-refractivity contribution in [3.63, 3.8) is 0 Å². The summed E-state index contributed by atoms with van der Waals surface area (Å²) in [6, 6.07) is 0. The van der Waals surface area contributed by atoms with Gasteiger partial charge < -0.3 is 15.0 Å². The molecule has 0 fully saturated rings. The number of nitrogens with one attached hydrogen (secondary N) is 1. The summed E-state index contributed by atoms with van der Waals surface area (Å²) in [5.41, 5.74) is 0. The van der Waals surface area contributed by atoms with Crippen LogP contribution >= 0.6 is 0 Å². The molecule has 0 aliphatic rings. The first-order valence-corrected chi connectivity index (χ1v) is 6.21. The number of carbonyl (C=O) groups excluding carboxylic acids is 1. The van der Waals surface area contributed by atoms with Gasteiger partial charge in [0.2, 0.25) is 0 Å². The fourth-order valence-electron chi connectivity index (χ4n) is 1.33. The number of hydrogen-bond donors (Lipinski definition) is 1. The van der Waals surface area contributed by atoms with Gasteiger partial charge in [-0.2, -0.15) is 0 Å². The van der Waals surface area contributed by atoms with Crippen molar-refractivity contribution in [2.45, 2.75) is 33.1 Å². The summed E-state index contributed by atoms with van der Waals surface area (Å²) in [5, 5.41) is 3.21. The van der Waals surface area contributed by atoms with Crippen LogP contribution in [0, 0.1) is 0 Å². The molecule has 0 radical (unpaired) electrons. The van der Waals surface area contributed by atoms with E-state index in [1.807, 2.05) is 14.0 Å². The molecule has 0 aliphatic carbocycles. The third kappa shape index (κ3) is 7.60. The van der Waals surface area contributed by atoms with Gasteiger partial charge in [-0.25, -0.2) is 0 Å². The molecular weight excluding hydrogens is 218 g/mol. The van der Waals surface area contributed by atoms with E-state index < -0.39 is 0 Å².